The van der Waals surface area contributed by atoms with Crippen LogP contribution in [-0.4, -0.2) is 5.91 Å². The molecular weight excluding hydrogens is 212 g/mol. The number of carbonyl (C=O) groups excluding carboxylic acids is 1. The zero-order valence-electron chi connectivity index (χ0n) is 10.9. The average molecular weight is 234 g/mol. The van der Waals surface area contributed by atoms with Crippen molar-refractivity contribution >= 4 is 5.91 Å². The Morgan fingerprint density at radius 3 is 2.41 bits per heavy atom. The van der Waals surface area contributed by atoms with Crippen molar-refractivity contribution in [2.24, 2.45) is 11.7 Å². The van der Waals surface area contributed by atoms with Crippen LogP contribution < -0.4 is 11.1 Å². The lowest BCUT2D eigenvalue weighted by atomic mass is 9.93. The van der Waals surface area contributed by atoms with Gasteiger partial charge in [-0.05, 0) is 17.0 Å². The number of amides is 1. The predicted molar refractivity (Wildman–Crippen MR) is 70.3 cm³/mol. The lowest BCUT2D eigenvalue weighted by molar-refractivity contribution is -0.119. The summed E-state index contributed by atoms with van der Waals surface area (Å²) < 4.78 is 0. The van der Waals surface area contributed by atoms with Gasteiger partial charge >= 0.3 is 0 Å². The fourth-order valence-corrected chi connectivity index (χ4v) is 1.67. The highest BCUT2D eigenvalue weighted by molar-refractivity contribution is 5.72. The Hall–Kier alpha value is -1.35. The quantitative estimate of drug-likeness (QED) is 0.821. The number of nitrogens with two attached hydrogens (primary N) is 1. The van der Waals surface area contributed by atoms with Gasteiger partial charge in [0.2, 0.25) is 5.91 Å². The van der Waals surface area contributed by atoms with Gasteiger partial charge in [0, 0.05) is 19.5 Å². The summed E-state index contributed by atoms with van der Waals surface area (Å²) >= 11 is 0. The summed E-state index contributed by atoms with van der Waals surface area (Å²) in [5.41, 5.74) is 8.41. The number of carbonyl (C=O) groups is 1. The highest BCUT2D eigenvalue weighted by Gasteiger charge is 2.12. The highest BCUT2D eigenvalue weighted by Crippen LogP contribution is 2.21. The molecule has 3 heteroatoms. The highest BCUT2D eigenvalue weighted by atomic mass is 16.1. The second-order valence-corrected chi connectivity index (χ2v) is 4.56. The number of hydrogen-bond acceptors (Lipinski definition) is 2. The van der Waals surface area contributed by atoms with Crippen LogP contribution in [0.15, 0.2) is 24.3 Å². The van der Waals surface area contributed by atoms with Gasteiger partial charge in [0.25, 0.3) is 0 Å². The van der Waals surface area contributed by atoms with Crippen LogP contribution in [0.1, 0.15) is 44.4 Å². The molecule has 0 aliphatic heterocycles. The van der Waals surface area contributed by atoms with Crippen LogP contribution in [0.25, 0.3) is 0 Å². The van der Waals surface area contributed by atoms with E-state index in [4.69, 9.17) is 5.73 Å². The zero-order chi connectivity index (χ0) is 12.8. The van der Waals surface area contributed by atoms with E-state index in [0.29, 0.717) is 12.5 Å². The van der Waals surface area contributed by atoms with Gasteiger partial charge in [0.05, 0.1) is 0 Å². The number of nitrogens with one attached hydrogen (secondary N) is 1. The maximum atomic E-state index is 10.8. The summed E-state index contributed by atoms with van der Waals surface area (Å²) in [5.74, 6) is 0.474. The van der Waals surface area contributed by atoms with Crippen LogP contribution >= 0.6 is 0 Å². The van der Waals surface area contributed by atoms with Crippen molar-refractivity contribution in [2.75, 3.05) is 0 Å². The first-order chi connectivity index (χ1) is 8.04. The smallest absolute Gasteiger partial charge is 0.217 e. The van der Waals surface area contributed by atoms with Crippen LogP contribution in [0.2, 0.25) is 0 Å². The van der Waals surface area contributed by atoms with Crippen LogP contribution in [-0.2, 0) is 11.3 Å². The van der Waals surface area contributed by atoms with Gasteiger partial charge in [-0.15, -0.1) is 0 Å². The van der Waals surface area contributed by atoms with Crippen molar-refractivity contribution in [3.8, 4) is 0 Å². The maximum Gasteiger partial charge on any atom is 0.217 e. The lowest BCUT2D eigenvalue weighted by Gasteiger charge is -2.18. The minimum Gasteiger partial charge on any atom is -0.352 e. The Morgan fingerprint density at radius 2 is 1.94 bits per heavy atom. The van der Waals surface area contributed by atoms with Crippen LogP contribution in [0.5, 0.6) is 0 Å². The van der Waals surface area contributed by atoms with E-state index in [9.17, 15) is 4.79 Å². The summed E-state index contributed by atoms with van der Waals surface area (Å²) in [5, 5.41) is 2.77. The number of rotatable bonds is 5. The van der Waals surface area contributed by atoms with E-state index >= 15 is 0 Å². The van der Waals surface area contributed by atoms with Crippen molar-refractivity contribution in [2.45, 2.75) is 39.8 Å². The summed E-state index contributed by atoms with van der Waals surface area (Å²) in [6.45, 7) is 6.41. The van der Waals surface area contributed by atoms with E-state index in [0.717, 1.165) is 17.5 Å². The first kappa shape index (κ1) is 13.7. The molecule has 1 aromatic carbocycles. The second-order valence-electron chi connectivity index (χ2n) is 4.56. The minimum atomic E-state index is -0.00890. The first-order valence-electron chi connectivity index (χ1n) is 6.13. The van der Waals surface area contributed by atoms with E-state index in [1.807, 2.05) is 24.3 Å². The number of hydrogen-bond donors (Lipinski definition) is 2. The van der Waals surface area contributed by atoms with Gasteiger partial charge in [-0.3, -0.25) is 4.79 Å². The second kappa shape index (κ2) is 6.40. The van der Waals surface area contributed by atoms with Gasteiger partial charge < -0.3 is 11.1 Å². The van der Waals surface area contributed by atoms with Crippen molar-refractivity contribution in [3.05, 3.63) is 35.4 Å². The molecule has 3 nitrogen and oxygen atoms in total. The molecule has 0 fully saturated rings. The van der Waals surface area contributed by atoms with Crippen molar-refractivity contribution in [1.29, 1.82) is 0 Å². The molecule has 0 saturated carbocycles. The molecule has 1 rings (SSSR count). The Balaban J connectivity index is 2.64. The molecule has 0 aromatic heterocycles. The minimum absolute atomic E-state index is 0.00890. The van der Waals surface area contributed by atoms with Crippen molar-refractivity contribution < 1.29 is 4.79 Å². The summed E-state index contributed by atoms with van der Waals surface area (Å²) in [4.78, 5) is 10.8. The fourth-order valence-electron chi connectivity index (χ4n) is 1.67. The van der Waals surface area contributed by atoms with Crippen molar-refractivity contribution in [1.82, 2.24) is 5.32 Å². The topological polar surface area (TPSA) is 55.1 Å². The summed E-state index contributed by atoms with van der Waals surface area (Å²) in [6, 6.07) is 8.23. The molecule has 1 aromatic rings. The first-order valence-corrected chi connectivity index (χ1v) is 6.13. The molecule has 0 spiro atoms. The van der Waals surface area contributed by atoms with Gasteiger partial charge in [-0.1, -0.05) is 44.5 Å². The van der Waals surface area contributed by atoms with E-state index < -0.39 is 0 Å². The lowest BCUT2D eigenvalue weighted by Crippen LogP contribution is -2.20. The molecule has 17 heavy (non-hydrogen) atoms. The van der Waals surface area contributed by atoms with Crippen LogP contribution in [0.3, 0.4) is 0 Å². The zero-order valence-corrected chi connectivity index (χ0v) is 10.9. The molecule has 94 valence electrons. The normalized spacial score (nSPS) is 14.1. The molecule has 0 radical (unpaired) electrons. The molecule has 2 atom stereocenters. The third kappa shape index (κ3) is 4.19. The molecule has 0 aliphatic rings. The maximum absolute atomic E-state index is 10.8. The van der Waals surface area contributed by atoms with Crippen molar-refractivity contribution in [3.63, 3.8) is 0 Å². The van der Waals surface area contributed by atoms with E-state index in [2.05, 4.69) is 19.2 Å². The molecular formula is C14H22N2O. The third-order valence-corrected chi connectivity index (χ3v) is 3.16. The van der Waals surface area contributed by atoms with E-state index in [-0.39, 0.29) is 11.9 Å². The van der Waals surface area contributed by atoms with Gasteiger partial charge in [-0.25, -0.2) is 0 Å². The van der Waals surface area contributed by atoms with Gasteiger partial charge in [0.1, 0.15) is 0 Å². The SMILES string of the molecule is CCC(C)C(N)c1ccc(CNC(C)=O)cc1. The van der Waals surface area contributed by atoms with E-state index in [1.54, 1.807) is 0 Å². The Kier molecular flexibility index (Phi) is 5.16. The molecule has 1 amide bonds. The Bertz CT molecular complexity index is 359. The molecule has 0 heterocycles. The van der Waals surface area contributed by atoms with Crippen LogP contribution in [0, 0.1) is 5.92 Å². The molecule has 0 aliphatic carbocycles. The number of benzene rings is 1. The Morgan fingerprint density at radius 1 is 1.35 bits per heavy atom. The molecule has 0 saturated heterocycles. The average Bonchev–Trinajstić information content (AvgIpc) is 2.35. The summed E-state index contributed by atoms with van der Waals surface area (Å²) in [7, 11) is 0. The monoisotopic (exact) mass is 234 g/mol. The summed E-state index contributed by atoms with van der Waals surface area (Å²) in [6.07, 6.45) is 1.08. The largest absolute Gasteiger partial charge is 0.352 e. The van der Waals surface area contributed by atoms with Gasteiger partial charge in [0.15, 0.2) is 0 Å². The molecule has 0 bridgehead atoms. The standard InChI is InChI=1S/C14H22N2O/c1-4-10(2)14(15)13-7-5-12(6-8-13)9-16-11(3)17/h5-8,10,14H,4,9,15H2,1-3H3,(H,16,17). The van der Waals surface area contributed by atoms with E-state index in [1.165, 1.54) is 6.92 Å². The molecule has 2 unspecified atom stereocenters. The van der Waals surface area contributed by atoms with Gasteiger partial charge in [-0.2, -0.15) is 0 Å². The fraction of sp³-hybridized carbons (Fsp3) is 0.500. The van der Waals surface area contributed by atoms with Crippen LogP contribution in [0.4, 0.5) is 0 Å². The predicted octanol–water partition coefficient (Wildman–Crippen LogP) is 2.37. The molecule has 3 N–H and O–H groups in total. The Labute approximate surface area is 103 Å². The third-order valence-electron chi connectivity index (χ3n) is 3.16.